The molecule has 0 saturated carbocycles. The monoisotopic (exact) mass is 427 g/mol. The van der Waals surface area contributed by atoms with Crippen LogP contribution in [-0.4, -0.2) is 69.2 Å². The second kappa shape index (κ2) is 7.77. The van der Waals surface area contributed by atoms with Gasteiger partial charge in [-0.2, -0.15) is 18.3 Å². The Balaban J connectivity index is 1.88. The Morgan fingerprint density at radius 3 is 2.20 bits per heavy atom. The first kappa shape index (κ1) is 21.8. The van der Waals surface area contributed by atoms with Crippen LogP contribution in [0.25, 0.3) is 5.65 Å². The van der Waals surface area contributed by atoms with Crippen molar-refractivity contribution < 1.29 is 27.5 Å². The maximum atomic E-state index is 13.6. The number of alkyl halides is 3. The molecule has 1 saturated heterocycles. The molecule has 0 N–H and O–H groups in total. The highest BCUT2D eigenvalue weighted by molar-refractivity contribution is 5.93. The first-order valence-electron chi connectivity index (χ1n) is 9.61. The van der Waals surface area contributed by atoms with Gasteiger partial charge in [-0.15, -0.1) is 0 Å². The molecule has 11 heteroatoms. The predicted molar refractivity (Wildman–Crippen MR) is 101 cm³/mol. The molecule has 8 nitrogen and oxygen atoms in total. The summed E-state index contributed by atoms with van der Waals surface area (Å²) < 4.78 is 46.4. The van der Waals surface area contributed by atoms with E-state index < -0.39 is 29.3 Å². The summed E-state index contributed by atoms with van der Waals surface area (Å²) in [6, 6.07) is 2.23. The van der Waals surface area contributed by atoms with Crippen molar-refractivity contribution in [1.82, 2.24) is 24.4 Å². The highest BCUT2D eigenvalue weighted by Gasteiger charge is 2.37. The fraction of sp³-hybridized carbons (Fsp3) is 0.579. The van der Waals surface area contributed by atoms with Gasteiger partial charge in [0.05, 0.1) is 12.3 Å². The summed E-state index contributed by atoms with van der Waals surface area (Å²) in [5, 5.41) is 3.90. The molecule has 2 amide bonds. The molecule has 2 aromatic heterocycles. The fourth-order valence-electron chi connectivity index (χ4n) is 3.13. The molecule has 164 valence electrons. The van der Waals surface area contributed by atoms with E-state index in [1.54, 1.807) is 27.7 Å². The van der Waals surface area contributed by atoms with Gasteiger partial charge in [0.15, 0.2) is 11.3 Å². The van der Waals surface area contributed by atoms with Crippen molar-refractivity contribution in [3.63, 3.8) is 0 Å². The van der Waals surface area contributed by atoms with Crippen molar-refractivity contribution in [2.24, 2.45) is 0 Å². The minimum atomic E-state index is -4.65. The van der Waals surface area contributed by atoms with Gasteiger partial charge in [0, 0.05) is 37.7 Å². The zero-order valence-electron chi connectivity index (χ0n) is 17.3. The minimum absolute atomic E-state index is 0.0386. The molecule has 3 heterocycles. The van der Waals surface area contributed by atoms with E-state index in [1.165, 1.54) is 15.9 Å². The quantitative estimate of drug-likeness (QED) is 0.736. The Morgan fingerprint density at radius 1 is 1.07 bits per heavy atom. The van der Waals surface area contributed by atoms with Gasteiger partial charge in [-0.3, -0.25) is 4.79 Å². The smallest absolute Gasteiger partial charge is 0.433 e. The molecule has 0 atom stereocenters. The second-order valence-electron chi connectivity index (χ2n) is 8.05. The second-order valence-corrected chi connectivity index (χ2v) is 8.05. The normalized spacial score (nSPS) is 15.6. The lowest BCUT2D eigenvalue weighted by Gasteiger charge is -2.33. The van der Waals surface area contributed by atoms with Crippen molar-refractivity contribution >= 4 is 17.6 Å². The molecule has 0 spiro atoms. The molecule has 1 aliphatic rings. The van der Waals surface area contributed by atoms with Crippen molar-refractivity contribution in [2.75, 3.05) is 32.8 Å². The van der Waals surface area contributed by atoms with Gasteiger partial charge < -0.3 is 14.5 Å². The van der Waals surface area contributed by atoms with E-state index in [9.17, 15) is 22.8 Å². The molecular formula is C19H24F3N5O3. The number of hydrogen-bond acceptors (Lipinski definition) is 5. The zero-order chi connectivity index (χ0) is 22.3. The Morgan fingerprint density at radius 2 is 1.67 bits per heavy atom. The Kier molecular flexibility index (Phi) is 5.66. The number of carbonyl (C=O) groups is 2. The number of halogens is 3. The fourth-order valence-corrected chi connectivity index (χ4v) is 3.13. The van der Waals surface area contributed by atoms with Crippen LogP contribution in [0.2, 0.25) is 0 Å². The highest BCUT2D eigenvalue weighted by atomic mass is 19.4. The van der Waals surface area contributed by atoms with Crippen LogP contribution in [-0.2, 0) is 16.3 Å². The molecule has 0 aliphatic carbocycles. The summed E-state index contributed by atoms with van der Waals surface area (Å²) in [6.45, 7) is 8.26. The zero-order valence-corrected chi connectivity index (χ0v) is 17.3. The minimum Gasteiger partial charge on any atom is -0.450 e. The van der Waals surface area contributed by atoms with Crippen LogP contribution in [0.1, 0.15) is 49.6 Å². The molecule has 1 aliphatic heterocycles. The number of fused-ring (bicyclic) bond motifs is 1. The van der Waals surface area contributed by atoms with Crippen LogP contribution in [0, 0.1) is 0 Å². The van der Waals surface area contributed by atoms with Crippen LogP contribution >= 0.6 is 0 Å². The van der Waals surface area contributed by atoms with Crippen molar-refractivity contribution in [3.05, 3.63) is 29.2 Å². The number of aromatic nitrogens is 3. The lowest BCUT2D eigenvalue weighted by molar-refractivity contribution is -0.142. The van der Waals surface area contributed by atoms with Crippen molar-refractivity contribution in [3.8, 4) is 0 Å². The van der Waals surface area contributed by atoms with Gasteiger partial charge in [0.25, 0.3) is 5.91 Å². The van der Waals surface area contributed by atoms with Crippen LogP contribution < -0.4 is 0 Å². The average Bonchev–Trinajstić information content (AvgIpc) is 3.09. The van der Waals surface area contributed by atoms with Gasteiger partial charge in [-0.25, -0.2) is 14.3 Å². The number of amides is 2. The summed E-state index contributed by atoms with van der Waals surface area (Å²) >= 11 is 0. The summed E-state index contributed by atoms with van der Waals surface area (Å²) in [5.74, 6) is -0.505. The standard InChI is InChI=1S/C19H24F3N5O3/c1-5-30-17(29)26-8-6-25(7-9-26)16(28)12-10-15-23-13(18(2,3)4)11-14(19(20,21)22)27(15)24-12/h10-11H,5-9H2,1-4H3. The highest BCUT2D eigenvalue weighted by Crippen LogP contribution is 2.32. The molecule has 0 bridgehead atoms. The van der Waals surface area contributed by atoms with Crippen molar-refractivity contribution in [1.29, 1.82) is 0 Å². The molecule has 1 fully saturated rings. The molecule has 3 rings (SSSR count). The third-order valence-corrected chi connectivity index (χ3v) is 4.80. The Labute approximate surface area is 171 Å². The van der Waals surface area contributed by atoms with Crippen molar-refractivity contribution in [2.45, 2.75) is 39.3 Å². The molecular weight excluding hydrogens is 403 g/mol. The number of piperazine rings is 1. The Bertz CT molecular complexity index is 957. The SMILES string of the molecule is CCOC(=O)N1CCN(C(=O)c2cc3nc(C(C)(C)C)cc(C(F)(F)F)n3n2)CC1. The first-order valence-corrected chi connectivity index (χ1v) is 9.61. The van der Waals surface area contributed by atoms with Crippen LogP contribution in [0.5, 0.6) is 0 Å². The summed E-state index contributed by atoms with van der Waals surface area (Å²) in [4.78, 5) is 31.8. The number of rotatable bonds is 2. The lowest BCUT2D eigenvalue weighted by atomic mass is 9.91. The number of carbonyl (C=O) groups excluding carboxylic acids is 2. The van der Waals surface area contributed by atoms with E-state index in [2.05, 4.69) is 10.1 Å². The van der Waals surface area contributed by atoms with E-state index in [-0.39, 0.29) is 49.8 Å². The summed E-state index contributed by atoms with van der Waals surface area (Å²) in [7, 11) is 0. The van der Waals surface area contributed by atoms with E-state index in [0.29, 0.717) is 4.52 Å². The maximum absolute atomic E-state index is 13.6. The van der Waals surface area contributed by atoms with Gasteiger partial charge >= 0.3 is 12.3 Å². The molecule has 0 unspecified atom stereocenters. The van der Waals surface area contributed by atoms with Crippen LogP contribution in [0.15, 0.2) is 12.1 Å². The van der Waals surface area contributed by atoms with Crippen LogP contribution in [0.3, 0.4) is 0 Å². The number of nitrogens with zero attached hydrogens (tertiary/aromatic N) is 5. The average molecular weight is 427 g/mol. The molecule has 0 aromatic carbocycles. The third-order valence-electron chi connectivity index (χ3n) is 4.80. The summed E-state index contributed by atoms with van der Waals surface area (Å²) in [5.41, 5.74) is -1.50. The maximum Gasteiger partial charge on any atom is 0.433 e. The molecule has 0 radical (unpaired) electrons. The molecule has 2 aromatic rings. The van der Waals surface area contributed by atoms with E-state index in [1.807, 2.05) is 0 Å². The van der Waals surface area contributed by atoms with Gasteiger partial charge in [-0.05, 0) is 13.0 Å². The topological polar surface area (TPSA) is 80.0 Å². The molecule has 30 heavy (non-hydrogen) atoms. The van der Waals surface area contributed by atoms with Gasteiger partial charge in [-0.1, -0.05) is 20.8 Å². The number of ether oxygens (including phenoxy) is 1. The largest absolute Gasteiger partial charge is 0.450 e. The van der Waals surface area contributed by atoms with E-state index in [4.69, 9.17) is 4.74 Å². The Hall–Kier alpha value is -2.85. The first-order chi connectivity index (χ1) is 13.9. The predicted octanol–water partition coefficient (Wildman–Crippen LogP) is 2.96. The van der Waals surface area contributed by atoms with Crippen LogP contribution in [0.4, 0.5) is 18.0 Å². The third kappa shape index (κ3) is 4.34. The van der Waals surface area contributed by atoms with Gasteiger partial charge in [0.2, 0.25) is 0 Å². The number of hydrogen-bond donors (Lipinski definition) is 0. The summed E-state index contributed by atoms with van der Waals surface area (Å²) in [6.07, 6.45) is -5.11. The van der Waals surface area contributed by atoms with Gasteiger partial charge in [0.1, 0.15) is 5.69 Å². The lowest BCUT2D eigenvalue weighted by Crippen LogP contribution is -2.50. The van der Waals surface area contributed by atoms with E-state index >= 15 is 0 Å². The van der Waals surface area contributed by atoms with E-state index in [0.717, 1.165) is 6.07 Å².